The Morgan fingerprint density at radius 2 is 1.69 bits per heavy atom. The SMILES string of the molecule is CC1C(=O)CC(c2ccc(Cl)cc2)C2(C(=O)NC(=O)N=C2N)C1c1ccccc1. The molecule has 0 aromatic heterocycles. The molecule has 1 fully saturated rings. The van der Waals surface area contributed by atoms with E-state index in [-0.39, 0.29) is 18.0 Å². The average Bonchev–Trinajstić information content (AvgIpc) is 2.69. The molecule has 148 valence electrons. The topological polar surface area (TPSA) is 102 Å². The molecule has 2 aromatic carbocycles. The molecule has 4 unspecified atom stereocenters. The number of urea groups is 1. The molecule has 4 atom stereocenters. The van der Waals surface area contributed by atoms with Crippen LogP contribution in [-0.2, 0) is 9.59 Å². The molecule has 3 N–H and O–H groups in total. The average molecular weight is 410 g/mol. The smallest absolute Gasteiger partial charge is 0.349 e. The van der Waals surface area contributed by atoms with Gasteiger partial charge in [0.05, 0.1) is 0 Å². The third-order valence-corrected chi connectivity index (χ3v) is 6.38. The van der Waals surface area contributed by atoms with Crippen LogP contribution in [0.5, 0.6) is 0 Å². The number of benzene rings is 2. The highest BCUT2D eigenvalue weighted by Crippen LogP contribution is 2.57. The Morgan fingerprint density at radius 3 is 2.31 bits per heavy atom. The number of imide groups is 1. The number of nitrogens with two attached hydrogens (primary N) is 1. The number of halogens is 1. The number of hydrogen-bond donors (Lipinski definition) is 2. The number of hydrogen-bond acceptors (Lipinski definition) is 4. The van der Waals surface area contributed by atoms with Crippen LogP contribution in [0, 0.1) is 11.3 Å². The maximum Gasteiger partial charge on any atom is 0.349 e. The summed E-state index contributed by atoms with van der Waals surface area (Å²) in [5, 5.41) is 2.88. The summed E-state index contributed by atoms with van der Waals surface area (Å²) < 4.78 is 0. The Hall–Kier alpha value is -2.99. The molecule has 1 heterocycles. The lowest BCUT2D eigenvalue weighted by Crippen LogP contribution is -2.64. The van der Waals surface area contributed by atoms with E-state index in [1.165, 1.54) is 0 Å². The summed E-state index contributed by atoms with van der Waals surface area (Å²) in [6, 6.07) is 15.5. The van der Waals surface area contributed by atoms with Gasteiger partial charge in [-0.25, -0.2) is 4.79 Å². The van der Waals surface area contributed by atoms with Crippen LogP contribution >= 0.6 is 11.6 Å². The zero-order valence-electron chi connectivity index (χ0n) is 15.8. The van der Waals surface area contributed by atoms with E-state index in [1.54, 1.807) is 31.2 Å². The second-order valence-electron chi connectivity index (χ2n) is 7.58. The van der Waals surface area contributed by atoms with Gasteiger partial charge >= 0.3 is 6.03 Å². The quantitative estimate of drug-likeness (QED) is 0.793. The van der Waals surface area contributed by atoms with Gasteiger partial charge in [-0.15, -0.1) is 0 Å². The van der Waals surface area contributed by atoms with Crippen molar-refractivity contribution in [2.24, 2.45) is 22.1 Å². The van der Waals surface area contributed by atoms with Crippen LogP contribution in [0.1, 0.15) is 36.3 Å². The molecular weight excluding hydrogens is 390 g/mol. The van der Waals surface area contributed by atoms with E-state index in [9.17, 15) is 14.4 Å². The Kier molecular flexibility index (Phi) is 4.74. The van der Waals surface area contributed by atoms with E-state index in [1.807, 2.05) is 30.3 Å². The maximum atomic E-state index is 13.4. The molecule has 29 heavy (non-hydrogen) atoms. The van der Waals surface area contributed by atoms with Crippen LogP contribution in [-0.4, -0.2) is 23.6 Å². The first-order chi connectivity index (χ1) is 13.9. The number of rotatable bonds is 2. The van der Waals surface area contributed by atoms with Gasteiger partial charge in [0.2, 0.25) is 5.91 Å². The van der Waals surface area contributed by atoms with E-state index in [4.69, 9.17) is 17.3 Å². The fourth-order valence-corrected chi connectivity index (χ4v) is 4.94. The lowest BCUT2D eigenvalue weighted by molar-refractivity contribution is -0.136. The minimum Gasteiger partial charge on any atom is -0.386 e. The van der Waals surface area contributed by atoms with Gasteiger partial charge in [0.15, 0.2) is 0 Å². The number of carbonyl (C=O) groups is 3. The molecule has 6 nitrogen and oxygen atoms in total. The molecule has 3 amide bonds. The van der Waals surface area contributed by atoms with Crippen LogP contribution in [0.3, 0.4) is 0 Å². The van der Waals surface area contributed by atoms with Crippen molar-refractivity contribution in [1.29, 1.82) is 0 Å². The van der Waals surface area contributed by atoms with Gasteiger partial charge < -0.3 is 5.73 Å². The van der Waals surface area contributed by atoms with Crippen LogP contribution < -0.4 is 11.1 Å². The zero-order valence-corrected chi connectivity index (χ0v) is 16.5. The largest absolute Gasteiger partial charge is 0.386 e. The standard InChI is InChI=1S/C22H20ClN3O3/c1-12-17(27)11-16(13-7-9-15(23)10-8-13)22(18(12)14-5-3-2-4-6-14)19(24)25-21(29)26-20(22)28/h2-10,12,16,18H,11H2,1H3,(H3,24,25,26,28,29). The summed E-state index contributed by atoms with van der Waals surface area (Å²) in [7, 11) is 0. The van der Waals surface area contributed by atoms with Gasteiger partial charge in [-0.05, 0) is 23.3 Å². The van der Waals surface area contributed by atoms with Crippen molar-refractivity contribution in [3.8, 4) is 0 Å². The molecule has 2 aliphatic rings. The predicted octanol–water partition coefficient (Wildman–Crippen LogP) is 3.41. The molecule has 7 heteroatoms. The predicted molar refractivity (Wildman–Crippen MR) is 110 cm³/mol. The number of carbonyl (C=O) groups excluding carboxylic acids is 3. The molecule has 0 radical (unpaired) electrons. The van der Waals surface area contributed by atoms with Crippen molar-refractivity contribution in [3.05, 3.63) is 70.7 Å². The van der Waals surface area contributed by atoms with E-state index in [0.717, 1.165) is 11.1 Å². The summed E-state index contributed by atoms with van der Waals surface area (Å²) in [6.07, 6.45) is 0.115. The monoisotopic (exact) mass is 409 g/mol. The zero-order chi connectivity index (χ0) is 20.8. The van der Waals surface area contributed by atoms with Gasteiger partial charge in [-0.3, -0.25) is 14.9 Å². The first-order valence-electron chi connectivity index (χ1n) is 9.39. The fourth-order valence-electron chi connectivity index (χ4n) is 4.82. The molecule has 1 saturated carbocycles. The van der Waals surface area contributed by atoms with Crippen molar-refractivity contribution in [3.63, 3.8) is 0 Å². The summed E-state index contributed by atoms with van der Waals surface area (Å²) in [4.78, 5) is 42.3. The summed E-state index contributed by atoms with van der Waals surface area (Å²) >= 11 is 6.04. The number of nitrogens with zero attached hydrogens (tertiary/aromatic N) is 1. The molecule has 1 spiro atoms. The lowest BCUT2D eigenvalue weighted by atomic mass is 9.51. The molecule has 1 aliphatic carbocycles. The molecule has 0 saturated heterocycles. The lowest BCUT2D eigenvalue weighted by Gasteiger charge is -2.50. The normalized spacial score (nSPS) is 29.5. The Labute approximate surface area is 173 Å². The van der Waals surface area contributed by atoms with Crippen molar-refractivity contribution < 1.29 is 14.4 Å². The molecule has 4 rings (SSSR count). The highest BCUT2D eigenvalue weighted by atomic mass is 35.5. The minimum atomic E-state index is -1.36. The molecule has 0 bridgehead atoms. The summed E-state index contributed by atoms with van der Waals surface area (Å²) in [6.45, 7) is 1.80. The number of aliphatic imine (C=N–C) groups is 1. The Bertz CT molecular complexity index is 1020. The first kappa shape index (κ1) is 19.3. The summed E-state index contributed by atoms with van der Waals surface area (Å²) in [5.41, 5.74) is 6.53. The fraction of sp³-hybridized carbons (Fsp3) is 0.273. The van der Waals surface area contributed by atoms with Crippen LogP contribution in [0.25, 0.3) is 0 Å². The molecule has 1 aliphatic heterocycles. The second-order valence-corrected chi connectivity index (χ2v) is 8.01. The van der Waals surface area contributed by atoms with E-state index in [2.05, 4.69) is 10.3 Å². The highest BCUT2D eigenvalue weighted by molar-refractivity contribution is 6.30. The van der Waals surface area contributed by atoms with Gasteiger partial charge in [-0.1, -0.05) is 61.0 Å². The number of Topliss-reactive ketones (excluding diaryl/α,β-unsaturated/α-hetero) is 1. The van der Waals surface area contributed by atoms with Crippen molar-refractivity contribution in [2.45, 2.75) is 25.2 Å². The van der Waals surface area contributed by atoms with Gasteiger partial charge in [0.25, 0.3) is 0 Å². The maximum absolute atomic E-state index is 13.4. The van der Waals surface area contributed by atoms with E-state index in [0.29, 0.717) is 5.02 Å². The van der Waals surface area contributed by atoms with Crippen LogP contribution in [0.15, 0.2) is 59.6 Å². The molecular formula is C22H20ClN3O3. The summed E-state index contributed by atoms with van der Waals surface area (Å²) in [5.74, 6) is -2.17. The van der Waals surface area contributed by atoms with Gasteiger partial charge in [-0.2, -0.15) is 4.99 Å². The highest BCUT2D eigenvalue weighted by Gasteiger charge is 2.62. The van der Waals surface area contributed by atoms with Gasteiger partial charge in [0.1, 0.15) is 17.0 Å². The van der Waals surface area contributed by atoms with Crippen molar-refractivity contribution in [1.82, 2.24) is 5.32 Å². The van der Waals surface area contributed by atoms with Crippen LogP contribution in [0.2, 0.25) is 5.02 Å². The third kappa shape index (κ3) is 2.95. The number of ketones is 1. The Morgan fingerprint density at radius 1 is 1.03 bits per heavy atom. The van der Waals surface area contributed by atoms with Crippen molar-refractivity contribution in [2.75, 3.05) is 0 Å². The molecule has 2 aromatic rings. The first-order valence-corrected chi connectivity index (χ1v) is 9.76. The van der Waals surface area contributed by atoms with Crippen LogP contribution in [0.4, 0.5) is 4.79 Å². The van der Waals surface area contributed by atoms with Gasteiger partial charge in [0, 0.05) is 29.2 Å². The number of nitrogens with one attached hydrogen (secondary N) is 1. The third-order valence-electron chi connectivity index (χ3n) is 6.13. The number of amides is 3. The second kappa shape index (κ2) is 7.12. The van der Waals surface area contributed by atoms with E-state index >= 15 is 0 Å². The van der Waals surface area contributed by atoms with Crippen molar-refractivity contribution >= 4 is 35.2 Å². The Balaban J connectivity index is 2.01. The number of amidine groups is 1. The minimum absolute atomic E-state index is 0.0296. The van der Waals surface area contributed by atoms with E-state index < -0.39 is 35.1 Å².